The molecule has 3 unspecified atom stereocenters. The Morgan fingerprint density at radius 3 is 2.40 bits per heavy atom. The van der Waals surface area contributed by atoms with Gasteiger partial charge in [0.2, 0.25) is 0 Å². The number of ether oxygens (including phenoxy) is 1. The van der Waals surface area contributed by atoms with E-state index in [9.17, 15) is 18.0 Å². The van der Waals surface area contributed by atoms with Gasteiger partial charge in [0.25, 0.3) is 0 Å². The minimum absolute atomic E-state index is 0.0835. The zero-order valence-corrected chi connectivity index (χ0v) is 11.3. The number of benzene rings is 1. The van der Waals surface area contributed by atoms with E-state index in [1.807, 2.05) is 6.92 Å². The van der Waals surface area contributed by atoms with Crippen LogP contribution in [0.5, 0.6) is 0 Å². The molecule has 1 aromatic carbocycles. The summed E-state index contributed by atoms with van der Waals surface area (Å²) in [6, 6.07) is 5.29. The molecule has 3 atom stereocenters. The summed E-state index contributed by atoms with van der Waals surface area (Å²) in [6.45, 7) is 2.01. The lowest BCUT2D eigenvalue weighted by atomic mass is 9.92. The van der Waals surface area contributed by atoms with Crippen LogP contribution in [0, 0.1) is 11.3 Å². The average Bonchev–Trinajstić information content (AvgIpc) is 3.26. The predicted molar refractivity (Wildman–Crippen MR) is 66.0 cm³/mol. The molecule has 3 rings (SSSR count). The Hall–Kier alpha value is -1.52. The fourth-order valence-electron chi connectivity index (χ4n) is 3.56. The summed E-state index contributed by atoms with van der Waals surface area (Å²) in [6.07, 6.45) is -2.70. The molecular formula is C15H15F3O2. The van der Waals surface area contributed by atoms with Gasteiger partial charge in [-0.05, 0) is 41.4 Å². The summed E-state index contributed by atoms with van der Waals surface area (Å²) < 4.78 is 42.4. The molecule has 0 saturated heterocycles. The van der Waals surface area contributed by atoms with Crippen LogP contribution in [-0.2, 0) is 21.1 Å². The van der Waals surface area contributed by atoms with E-state index in [-0.39, 0.29) is 22.7 Å². The number of carbonyl (C=O) groups excluding carboxylic acids is 1. The molecule has 0 bridgehead atoms. The van der Waals surface area contributed by atoms with Gasteiger partial charge in [0.05, 0.1) is 18.6 Å². The van der Waals surface area contributed by atoms with Gasteiger partial charge >= 0.3 is 12.1 Å². The minimum atomic E-state index is -4.31. The smallest absolute Gasteiger partial charge is 0.416 e. The Morgan fingerprint density at radius 1 is 1.30 bits per heavy atom. The van der Waals surface area contributed by atoms with Gasteiger partial charge in [-0.15, -0.1) is 0 Å². The molecule has 1 aromatic rings. The minimum Gasteiger partial charge on any atom is -0.469 e. The topological polar surface area (TPSA) is 26.3 Å². The Morgan fingerprint density at radius 2 is 1.90 bits per heavy atom. The SMILES string of the molecule is COC(=O)C1CC12CC2(C)c1ccc(C(F)(F)F)cc1. The van der Waals surface area contributed by atoms with Crippen molar-refractivity contribution in [3.05, 3.63) is 35.4 Å². The fraction of sp³-hybridized carbons (Fsp3) is 0.533. The number of hydrogen-bond acceptors (Lipinski definition) is 2. The summed E-state index contributed by atoms with van der Waals surface area (Å²) in [7, 11) is 1.37. The van der Waals surface area contributed by atoms with Crippen LogP contribution in [-0.4, -0.2) is 13.1 Å². The van der Waals surface area contributed by atoms with E-state index < -0.39 is 11.7 Å². The first-order valence-electron chi connectivity index (χ1n) is 6.50. The van der Waals surface area contributed by atoms with Crippen LogP contribution in [0.25, 0.3) is 0 Å². The van der Waals surface area contributed by atoms with E-state index in [1.54, 1.807) is 0 Å². The first-order valence-corrected chi connectivity index (χ1v) is 6.50. The molecule has 20 heavy (non-hydrogen) atoms. The quantitative estimate of drug-likeness (QED) is 0.776. The standard InChI is InChI=1S/C15H15F3O2/c1-13(8-14(13)7-11(14)12(19)20-2)9-3-5-10(6-4-9)15(16,17)18/h3-6,11H,7-8H2,1-2H3. The molecule has 5 heteroatoms. The highest BCUT2D eigenvalue weighted by Crippen LogP contribution is 2.81. The highest BCUT2D eigenvalue weighted by molar-refractivity contribution is 5.79. The molecule has 0 aromatic heterocycles. The van der Waals surface area contributed by atoms with Crippen molar-refractivity contribution < 1.29 is 22.7 Å². The Labute approximate surface area is 114 Å². The molecule has 0 radical (unpaired) electrons. The van der Waals surface area contributed by atoms with Crippen LogP contribution < -0.4 is 0 Å². The average molecular weight is 284 g/mol. The maximum atomic E-state index is 12.5. The third kappa shape index (κ3) is 1.68. The van der Waals surface area contributed by atoms with E-state index in [2.05, 4.69) is 0 Å². The van der Waals surface area contributed by atoms with Crippen molar-refractivity contribution in [1.29, 1.82) is 0 Å². The second kappa shape index (κ2) is 3.77. The number of carbonyl (C=O) groups is 1. The van der Waals surface area contributed by atoms with Gasteiger partial charge in [-0.3, -0.25) is 4.79 Å². The van der Waals surface area contributed by atoms with E-state index in [0.29, 0.717) is 0 Å². The second-order valence-electron chi connectivity index (χ2n) is 6.02. The van der Waals surface area contributed by atoms with Crippen molar-refractivity contribution in [2.75, 3.05) is 7.11 Å². The van der Waals surface area contributed by atoms with Crippen LogP contribution in [0.4, 0.5) is 13.2 Å². The molecule has 0 amide bonds. The van der Waals surface area contributed by atoms with Crippen molar-refractivity contribution in [2.45, 2.75) is 31.4 Å². The number of methoxy groups -OCH3 is 1. The van der Waals surface area contributed by atoms with Crippen molar-refractivity contribution >= 4 is 5.97 Å². The number of hydrogen-bond donors (Lipinski definition) is 0. The third-order valence-electron chi connectivity index (χ3n) is 5.05. The summed E-state index contributed by atoms with van der Waals surface area (Å²) in [5.74, 6) is -0.305. The summed E-state index contributed by atoms with van der Waals surface area (Å²) >= 11 is 0. The maximum absolute atomic E-state index is 12.5. The molecule has 2 aliphatic rings. The number of rotatable bonds is 2. The zero-order valence-electron chi connectivity index (χ0n) is 11.3. The normalized spacial score (nSPS) is 35.0. The molecule has 2 fully saturated rings. The lowest BCUT2D eigenvalue weighted by Crippen LogP contribution is -2.12. The van der Waals surface area contributed by atoms with Crippen molar-refractivity contribution in [3.63, 3.8) is 0 Å². The first kappa shape index (κ1) is 13.5. The molecule has 0 aliphatic heterocycles. The van der Waals surface area contributed by atoms with Gasteiger partial charge in [0.15, 0.2) is 0 Å². The van der Waals surface area contributed by atoms with Crippen LogP contribution in [0.2, 0.25) is 0 Å². The van der Waals surface area contributed by atoms with Crippen LogP contribution in [0.3, 0.4) is 0 Å². The molecule has 2 nitrogen and oxygen atoms in total. The Balaban J connectivity index is 1.81. The van der Waals surface area contributed by atoms with Gasteiger partial charge in [0.1, 0.15) is 0 Å². The first-order chi connectivity index (χ1) is 9.24. The molecule has 0 N–H and O–H groups in total. The number of alkyl halides is 3. The lowest BCUT2D eigenvalue weighted by Gasteiger charge is -2.13. The van der Waals surface area contributed by atoms with Crippen LogP contribution >= 0.6 is 0 Å². The highest BCUT2D eigenvalue weighted by Gasteiger charge is 2.80. The monoisotopic (exact) mass is 284 g/mol. The molecule has 2 saturated carbocycles. The van der Waals surface area contributed by atoms with Gasteiger partial charge in [-0.2, -0.15) is 13.2 Å². The summed E-state index contributed by atoms with van der Waals surface area (Å²) in [4.78, 5) is 11.6. The molecular weight excluding hydrogens is 269 g/mol. The number of esters is 1. The fourth-order valence-corrected chi connectivity index (χ4v) is 3.56. The van der Waals surface area contributed by atoms with Crippen molar-refractivity contribution in [3.8, 4) is 0 Å². The van der Waals surface area contributed by atoms with Crippen molar-refractivity contribution in [1.82, 2.24) is 0 Å². The molecule has 108 valence electrons. The summed E-state index contributed by atoms with van der Waals surface area (Å²) in [5.41, 5.74) is -0.0488. The maximum Gasteiger partial charge on any atom is 0.416 e. The molecule has 0 heterocycles. The Kier molecular flexibility index (Phi) is 2.54. The number of halogens is 3. The zero-order chi connectivity index (χ0) is 14.8. The van der Waals surface area contributed by atoms with E-state index in [0.717, 1.165) is 30.5 Å². The van der Waals surface area contributed by atoms with Crippen LogP contribution in [0.1, 0.15) is 30.9 Å². The van der Waals surface area contributed by atoms with Gasteiger partial charge in [0, 0.05) is 0 Å². The van der Waals surface area contributed by atoms with E-state index in [4.69, 9.17) is 4.74 Å². The van der Waals surface area contributed by atoms with E-state index in [1.165, 1.54) is 19.2 Å². The predicted octanol–water partition coefficient (Wildman–Crippen LogP) is 3.55. The van der Waals surface area contributed by atoms with Crippen LogP contribution in [0.15, 0.2) is 24.3 Å². The highest BCUT2D eigenvalue weighted by atomic mass is 19.4. The van der Waals surface area contributed by atoms with Crippen molar-refractivity contribution in [2.24, 2.45) is 11.3 Å². The lowest BCUT2D eigenvalue weighted by molar-refractivity contribution is -0.142. The molecule has 1 spiro atoms. The molecule has 2 aliphatic carbocycles. The van der Waals surface area contributed by atoms with Gasteiger partial charge in [-0.25, -0.2) is 0 Å². The van der Waals surface area contributed by atoms with Gasteiger partial charge < -0.3 is 4.74 Å². The largest absolute Gasteiger partial charge is 0.469 e. The summed E-state index contributed by atoms with van der Waals surface area (Å²) in [5, 5.41) is 0. The van der Waals surface area contributed by atoms with Gasteiger partial charge in [-0.1, -0.05) is 19.1 Å². The third-order valence-corrected chi connectivity index (χ3v) is 5.05. The second-order valence-corrected chi connectivity index (χ2v) is 6.02. The van der Waals surface area contributed by atoms with E-state index >= 15 is 0 Å². The Bertz CT molecular complexity index is 563.